The van der Waals surface area contributed by atoms with Crippen LogP contribution < -0.4 is 5.56 Å². The first-order valence-electron chi connectivity index (χ1n) is 8.57. The number of aromatic nitrogens is 2. The Morgan fingerprint density at radius 2 is 1.86 bits per heavy atom. The predicted molar refractivity (Wildman–Crippen MR) is 111 cm³/mol. The van der Waals surface area contributed by atoms with Crippen LogP contribution in [0.5, 0.6) is 0 Å². The Kier molecular flexibility index (Phi) is 4.98. The zero-order chi connectivity index (χ0) is 19.7. The number of aromatic amines is 1. The molecule has 0 aliphatic heterocycles. The molecule has 0 saturated carbocycles. The van der Waals surface area contributed by atoms with Gasteiger partial charge in [-0.25, -0.2) is 9.78 Å². The fourth-order valence-electron chi connectivity index (χ4n) is 2.79. The molecule has 0 aliphatic rings. The van der Waals surface area contributed by atoms with E-state index in [0.717, 1.165) is 10.4 Å². The number of thiophene rings is 1. The van der Waals surface area contributed by atoms with Gasteiger partial charge >= 0.3 is 5.97 Å². The van der Waals surface area contributed by atoms with E-state index in [1.165, 1.54) is 11.3 Å². The molecule has 0 unspecified atom stereocenters. The van der Waals surface area contributed by atoms with Gasteiger partial charge in [0.15, 0.2) is 11.9 Å². The molecule has 2 aromatic heterocycles. The Hall–Kier alpha value is -2.96. The van der Waals surface area contributed by atoms with Crippen molar-refractivity contribution in [2.45, 2.75) is 13.0 Å². The molecule has 140 valence electrons. The zero-order valence-corrected chi connectivity index (χ0v) is 16.4. The molecule has 2 heterocycles. The monoisotopic (exact) mass is 410 g/mol. The van der Waals surface area contributed by atoms with Gasteiger partial charge in [-0.1, -0.05) is 35.9 Å². The number of nitrogens with zero attached hydrogens (tertiary/aromatic N) is 1. The molecular formula is C21H15ClN2O3S. The molecule has 2 aromatic carbocycles. The largest absolute Gasteiger partial charge is 0.450 e. The SMILES string of the molecule is C[C@@H](OC(=O)c1ccc(-c2ccc(Cl)cc2)s1)c1nc2ccccc2c(=O)[nH]1. The molecule has 0 bridgehead atoms. The van der Waals surface area contributed by atoms with E-state index in [4.69, 9.17) is 16.3 Å². The van der Waals surface area contributed by atoms with Crippen molar-refractivity contribution in [3.05, 3.63) is 86.7 Å². The Morgan fingerprint density at radius 1 is 1.11 bits per heavy atom. The number of carbonyl (C=O) groups excluding carboxylic acids is 1. The molecule has 1 N–H and O–H groups in total. The van der Waals surface area contributed by atoms with Gasteiger partial charge in [-0.3, -0.25) is 4.79 Å². The van der Waals surface area contributed by atoms with E-state index in [1.54, 1.807) is 49.4 Å². The van der Waals surface area contributed by atoms with Gasteiger partial charge in [-0.2, -0.15) is 0 Å². The van der Waals surface area contributed by atoms with E-state index in [2.05, 4.69) is 9.97 Å². The van der Waals surface area contributed by atoms with Crippen molar-refractivity contribution in [1.29, 1.82) is 0 Å². The first kappa shape index (κ1) is 18.4. The van der Waals surface area contributed by atoms with Gasteiger partial charge < -0.3 is 9.72 Å². The van der Waals surface area contributed by atoms with Crippen LogP contribution in [0.2, 0.25) is 5.02 Å². The van der Waals surface area contributed by atoms with Crippen molar-refractivity contribution in [1.82, 2.24) is 9.97 Å². The number of esters is 1. The summed E-state index contributed by atoms with van der Waals surface area (Å²) < 4.78 is 5.51. The number of halogens is 1. The summed E-state index contributed by atoms with van der Waals surface area (Å²) in [6.07, 6.45) is -0.689. The van der Waals surface area contributed by atoms with E-state index in [9.17, 15) is 9.59 Å². The molecule has 0 radical (unpaired) electrons. The highest BCUT2D eigenvalue weighted by atomic mass is 35.5. The van der Waals surface area contributed by atoms with Crippen LogP contribution in [0.15, 0.2) is 65.5 Å². The molecule has 0 spiro atoms. The smallest absolute Gasteiger partial charge is 0.349 e. The van der Waals surface area contributed by atoms with E-state index in [-0.39, 0.29) is 5.56 Å². The highest BCUT2D eigenvalue weighted by Crippen LogP contribution is 2.30. The van der Waals surface area contributed by atoms with Crippen molar-refractivity contribution in [3.63, 3.8) is 0 Å². The lowest BCUT2D eigenvalue weighted by atomic mass is 10.2. The summed E-state index contributed by atoms with van der Waals surface area (Å²) in [4.78, 5) is 33.2. The summed E-state index contributed by atoms with van der Waals surface area (Å²) in [5.74, 6) is -0.153. The van der Waals surface area contributed by atoms with Crippen molar-refractivity contribution in [3.8, 4) is 10.4 Å². The Labute approximate surface area is 169 Å². The third-order valence-corrected chi connectivity index (χ3v) is 5.60. The summed E-state index contributed by atoms with van der Waals surface area (Å²) in [6, 6.07) is 18.0. The van der Waals surface area contributed by atoms with Gasteiger partial charge in [0.05, 0.1) is 10.9 Å². The van der Waals surface area contributed by atoms with E-state index >= 15 is 0 Å². The average Bonchev–Trinajstić information content (AvgIpc) is 3.19. The van der Waals surface area contributed by atoms with Crippen molar-refractivity contribution in [2.24, 2.45) is 0 Å². The minimum atomic E-state index is -0.689. The summed E-state index contributed by atoms with van der Waals surface area (Å²) >= 11 is 7.25. The van der Waals surface area contributed by atoms with Crippen LogP contribution in [0, 0.1) is 0 Å². The molecule has 0 saturated heterocycles. The third kappa shape index (κ3) is 3.69. The van der Waals surface area contributed by atoms with E-state index < -0.39 is 12.1 Å². The van der Waals surface area contributed by atoms with Crippen LogP contribution in [0.25, 0.3) is 21.3 Å². The fraction of sp³-hybridized carbons (Fsp3) is 0.0952. The van der Waals surface area contributed by atoms with Crippen LogP contribution >= 0.6 is 22.9 Å². The summed E-state index contributed by atoms with van der Waals surface area (Å²) in [5, 5.41) is 1.15. The lowest BCUT2D eigenvalue weighted by Crippen LogP contribution is -2.17. The predicted octanol–water partition coefficient (Wildman–Crippen LogP) is 5.22. The van der Waals surface area contributed by atoms with Crippen LogP contribution in [0.1, 0.15) is 28.5 Å². The quantitative estimate of drug-likeness (QED) is 0.468. The molecule has 5 nitrogen and oxygen atoms in total. The first-order chi connectivity index (χ1) is 13.5. The molecule has 0 fully saturated rings. The van der Waals surface area contributed by atoms with Crippen molar-refractivity contribution in [2.75, 3.05) is 0 Å². The van der Waals surface area contributed by atoms with Crippen LogP contribution in [0.4, 0.5) is 0 Å². The number of para-hydroxylation sites is 1. The highest BCUT2D eigenvalue weighted by molar-refractivity contribution is 7.17. The molecule has 0 amide bonds. The van der Waals surface area contributed by atoms with Crippen molar-refractivity contribution < 1.29 is 9.53 Å². The van der Waals surface area contributed by atoms with Gasteiger partial charge in [0, 0.05) is 9.90 Å². The minimum absolute atomic E-state index is 0.260. The molecular weight excluding hydrogens is 396 g/mol. The number of nitrogens with one attached hydrogen (secondary N) is 1. The first-order valence-corrected chi connectivity index (χ1v) is 9.76. The van der Waals surface area contributed by atoms with Gasteiger partial charge in [-0.15, -0.1) is 11.3 Å². The summed E-state index contributed by atoms with van der Waals surface area (Å²) in [6.45, 7) is 1.68. The number of benzene rings is 2. The molecule has 28 heavy (non-hydrogen) atoms. The van der Waals surface area contributed by atoms with Crippen LogP contribution in [-0.2, 0) is 4.74 Å². The molecule has 0 aliphatic carbocycles. The zero-order valence-electron chi connectivity index (χ0n) is 14.8. The van der Waals surface area contributed by atoms with Crippen LogP contribution in [-0.4, -0.2) is 15.9 Å². The number of hydrogen-bond acceptors (Lipinski definition) is 5. The van der Waals surface area contributed by atoms with Gasteiger partial charge in [-0.05, 0) is 48.9 Å². The van der Waals surface area contributed by atoms with Crippen LogP contribution in [0.3, 0.4) is 0 Å². The standard InChI is InChI=1S/C21H15ClN2O3S/c1-12(19-23-16-5-3-2-4-15(16)20(25)24-19)27-21(26)18-11-10-17(28-18)13-6-8-14(22)9-7-13/h2-12H,1H3,(H,23,24,25)/t12-/m1/s1. The molecule has 1 atom stereocenters. The number of H-pyrrole nitrogens is 1. The second-order valence-corrected chi connectivity index (χ2v) is 7.71. The minimum Gasteiger partial charge on any atom is -0.450 e. The van der Waals surface area contributed by atoms with Gasteiger partial charge in [0.2, 0.25) is 0 Å². The maximum Gasteiger partial charge on any atom is 0.349 e. The molecule has 7 heteroatoms. The second kappa shape index (κ2) is 7.58. The maximum absolute atomic E-state index is 12.5. The lowest BCUT2D eigenvalue weighted by Gasteiger charge is -2.12. The summed E-state index contributed by atoms with van der Waals surface area (Å²) in [5.41, 5.74) is 1.27. The summed E-state index contributed by atoms with van der Waals surface area (Å²) in [7, 11) is 0. The Balaban J connectivity index is 1.54. The average molecular weight is 411 g/mol. The number of hydrogen-bond donors (Lipinski definition) is 1. The maximum atomic E-state index is 12.5. The second-order valence-electron chi connectivity index (χ2n) is 6.19. The highest BCUT2D eigenvalue weighted by Gasteiger charge is 2.18. The topological polar surface area (TPSA) is 72.0 Å². The number of ether oxygens (including phenoxy) is 1. The number of carbonyl (C=O) groups is 1. The lowest BCUT2D eigenvalue weighted by molar-refractivity contribution is 0.0326. The van der Waals surface area contributed by atoms with Gasteiger partial charge in [0.25, 0.3) is 5.56 Å². The Morgan fingerprint density at radius 3 is 2.64 bits per heavy atom. The molecule has 4 aromatic rings. The number of fused-ring (bicyclic) bond motifs is 1. The van der Waals surface area contributed by atoms with E-state index in [0.29, 0.717) is 26.6 Å². The normalized spacial score (nSPS) is 12.1. The molecule has 4 rings (SSSR count). The van der Waals surface area contributed by atoms with Gasteiger partial charge in [0.1, 0.15) is 4.88 Å². The van der Waals surface area contributed by atoms with E-state index in [1.807, 2.05) is 18.2 Å². The Bertz CT molecular complexity index is 1210. The number of rotatable bonds is 4. The third-order valence-electron chi connectivity index (χ3n) is 4.24. The van der Waals surface area contributed by atoms with Crippen molar-refractivity contribution >= 4 is 39.8 Å². The fourth-order valence-corrected chi connectivity index (χ4v) is 3.81.